The van der Waals surface area contributed by atoms with Crippen LogP contribution >= 0.6 is 23.1 Å². The predicted molar refractivity (Wildman–Crippen MR) is 83.2 cm³/mol. The largest absolute Gasteiger partial charge is 0.327 e. The lowest BCUT2D eigenvalue weighted by atomic mass is 10.1. The molecule has 0 fully saturated rings. The highest BCUT2D eigenvalue weighted by molar-refractivity contribution is 7.98. The van der Waals surface area contributed by atoms with Crippen molar-refractivity contribution in [1.82, 2.24) is 0 Å². The molecule has 1 heterocycles. The number of aryl methyl sites for hydroxylation is 1. The van der Waals surface area contributed by atoms with Crippen molar-refractivity contribution in [2.45, 2.75) is 30.9 Å². The molecule has 0 bridgehead atoms. The van der Waals surface area contributed by atoms with E-state index in [9.17, 15) is 0 Å². The first-order valence-corrected chi connectivity index (χ1v) is 8.06. The zero-order chi connectivity index (χ0) is 13.0. The topological polar surface area (TPSA) is 26.0 Å². The molecule has 3 heteroatoms. The third-order valence-corrected chi connectivity index (χ3v) is 5.69. The quantitative estimate of drug-likeness (QED) is 0.877. The van der Waals surface area contributed by atoms with Gasteiger partial charge in [0.15, 0.2) is 0 Å². The second-order valence-electron chi connectivity index (χ2n) is 4.54. The molecule has 0 aliphatic heterocycles. The fourth-order valence-corrected chi connectivity index (χ4v) is 4.50. The molecule has 2 atom stereocenters. The molecule has 0 spiro atoms. The minimum Gasteiger partial charge on any atom is -0.327 e. The second kappa shape index (κ2) is 6.41. The van der Waals surface area contributed by atoms with Gasteiger partial charge >= 0.3 is 0 Å². The lowest BCUT2D eigenvalue weighted by Gasteiger charge is -2.20. The molecule has 0 amide bonds. The van der Waals surface area contributed by atoms with Gasteiger partial charge in [-0.1, -0.05) is 30.3 Å². The smallest absolute Gasteiger partial charge is 0.0545 e. The summed E-state index contributed by atoms with van der Waals surface area (Å²) in [4.78, 5) is 1.42. The Hall–Kier alpha value is -0.770. The number of hydrogen-bond acceptors (Lipinski definition) is 3. The van der Waals surface area contributed by atoms with Gasteiger partial charge in [-0.05, 0) is 36.4 Å². The zero-order valence-corrected chi connectivity index (χ0v) is 12.4. The highest BCUT2D eigenvalue weighted by Gasteiger charge is 2.19. The highest BCUT2D eigenvalue weighted by atomic mass is 32.2. The normalized spacial score (nSPS) is 14.4. The summed E-state index contributed by atoms with van der Waals surface area (Å²) in [7, 11) is 0. The number of benzene rings is 1. The molecule has 2 unspecified atom stereocenters. The molecule has 0 radical (unpaired) electrons. The Morgan fingerprint density at radius 3 is 2.50 bits per heavy atom. The van der Waals surface area contributed by atoms with Crippen molar-refractivity contribution in [2.75, 3.05) is 0 Å². The molecule has 2 aromatic rings. The van der Waals surface area contributed by atoms with Crippen LogP contribution in [-0.2, 0) is 5.75 Å². The molecular formula is C15H19NS2. The van der Waals surface area contributed by atoms with Crippen molar-refractivity contribution in [2.24, 2.45) is 5.73 Å². The summed E-state index contributed by atoms with van der Waals surface area (Å²) in [6.07, 6.45) is 0. The van der Waals surface area contributed by atoms with E-state index in [1.165, 1.54) is 16.0 Å². The van der Waals surface area contributed by atoms with Gasteiger partial charge in [-0.3, -0.25) is 0 Å². The summed E-state index contributed by atoms with van der Waals surface area (Å²) in [6, 6.07) is 12.9. The van der Waals surface area contributed by atoms with Crippen LogP contribution in [-0.4, -0.2) is 6.04 Å². The number of hydrogen-bond donors (Lipinski definition) is 1. The molecule has 1 aromatic heterocycles. The van der Waals surface area contributed by atoms with Crippen LogP contribution in [0.5, 0.6) is 0 Å². The van der Waals surface area contributed by atoms with Gasteiger partial charge in [-0.2, -0.15) is 0 Å². The van der Waals surface area contributed by atoms with Crippen molar-refractivity contribution in [1.29, 1.82) is 0 Å². The van der Waals surface area contributed by atoms with Crippen LogP contribution in [0.2, 0.25) is 0 Å². The van der Waals surface area contributed by atoms with Gasteiger partial charge < -0.3 is 5.73 Å². The van der Waals surface area contributed by atoms with E-state index in [0.717, 1.165) is 5.75 Å². The Balaban J connectivity index is 2.06. The van der Waals surface area contributed by atoms with Gasteiger partial charge in [0.2, 0.25) is 0 Å². The maximum Gasteiger partial charge on any atom is 0.0545 e. The Bertz CT molecular complexity index is 476. The van der Waals surface area contributed by atoms with Crippen LogP contribution in [0.15, 0.2) is 41.8 Å². The molecule has 1 nitrogen and oxygen atoms in total. The van der Waals surface area contributed by atoms with E-state index in [1.807, 2.05) is 23.1 Å². The van der Waals surface area contributed by atoms with Crippen LogP contribution in [0.3, 0.4) is 0 Å². The van der Waals surface area contributed by atoms with Gasteiger partial charge in [0, 0.05) is 16.7 Å². The summed E-state index contributed by atoms with van der Waals surface area (Å²) in [6.45, 7) is 4.27. The number of nitrogens with two attached hydrogens (primary N) is 1. The van der Waals surface area contributed by atoms with Gasteiger partial charge in [0.1, 0.15) is 0 Å². The Kier molecular flexibility index (Phi) is 4.87. The Morgan fingerprint density at radius 1 is 1.22 bits per heavy atom. The van der Waals surface area contributed by atoms with Crippen molar-refractivity contribution in [3.05, 3.63) is 57.8 Å². The van der Waals surface area contributed by atoms with Crippen LogP contribution in [0.1, 0.15) is 28.2 Å². The highest BCUT2D eigenvalue weighted by Crippen LogP contribution is 2.38. The van der Waals surface area contributed by atoms with Crippen LogP contribution < -0.4 is 5.73 Å². The van der Waals surface area contributed by atoms with Crippen molar-refractivity contribution < 1.29 is 0 Å². The molecule has 0 saturated heterocycles. The van der Waals surface area contributed by atoms with Crippen LogP contribution in [0, 0.1) is 6.92 Å². The molecule has 0 aliphatic rings. The molecule has 0 saturated carbocycles. The van der Waals surface area contributed by atoms with Gasteiger partial charge in [-0.15, -0.1) is 23.1 Å². The van der Waals surface area contributed by atoms with E-state index in [-0.39, 0.29) is 6.04 Å². The third kappa shape index (κ3) is 3.37. The van der Waals surface area contributed by atoms with Crippen LogP contribution in [0.25, 0.3) is 0 Å². The lowest BCUT2D eigenvalue weighted by Crippen LogP contribution is -2.22. The summed E-state index contributed by atoms with van der Waals surface area (Å²) < 4.78 is 0. The van der Waals surface area contributed by atoms with Gasteiger partial charge in [0.05, 0.1) is 5.25 Å². The van der Waals surface area contributed by atoms with E-state index in [0.29, 0.717) is 5.25 Å². The average molecular weight is 277 g/mol. The van der Waals surface area contributed by atoms with Crippen molar-refractivity contribution in [3.63, 3.8) is 0 Å². The zero-order valence-electron chi connectivity index (χ0n) is 10.8. The van der Waals surface area contributed by atoms with E-state index in [1.54, 1.807) is 0 Å². The fraction of sp³-hybridized carbons (Fsp3) is 0.333. The molecular weight excluding hydrogens is 258 g/mol. The first-order valence-electron chi connectivity index (χ1n) is 6.13. The molecule has 1 aromatic carbocycles. The van der Waals surface area contributed by atoms with E-state index < -0.39 is 0 Å². The van der Waals surface area contributed by atoms with Crippen molar-refractivity contribution >= 4 is 23.1 Å². The summed E-state index contributed by atoms with van der Waals surface area (Å²) in [5, 5.41) is 2.55. The summed E-state index contributed by atoms with van der Waals surface area (Å²) in [5.74, 6) is 1.02. The van der Waals surface area contributed by atoms with Crippen LogP contribution in [0.4, 0.5) is 0 Å². The minimum atomic E-state index is 0.177. The van der Waals surface area contributed by atoms with E-state index in [4.69, 9.17) is 5.73 Å². The van der Waals surface area contributed by atoms with Crippen molar-refractivity contribution in [3.8, 4) is 0 Å². The van der Waals surface area contributed by atoms with Gasteiger partial charge in [0.25, 0.3) is 0 Å². The SMILES string of the molecule is Cc1ccsc1C(SCc1ccccc1)C(C)N. The second-order valence-corrected chi connectivity index (χ2v) is 6.62. The van der Waals surface area contributed by atoms with E-state index in [2.05, 4.69) is 55.6 Å². The number of thiophene rings is 1. The molecule has 96 valence electrons. The molecule has 0 aliphatic carbocycles. The third-order valence-electron chi connectivity index (χ3n) is 2.91. The first kappa shape index (κ1) is 13.7. The first-order chi connectivity index (χ1) is 8.68. The number of rotatable bonds is 5. The monoisotopic (exact) mass is 277 g/mol. The van der Waals surface area contributed by atoms with Gasteiger partial charge in [-0.25, -0.2) is 0 Å². The predicted octanol–water partition coefficient (Wildman–Crippen LogP) is 4.38. The standard InChI is InChI=1S/C15H19NS2/c1-11-8-9-17-14(11)15(12(2)16)18-10-13-6-4-3-5-7-13/h3-9,12,15H,10,16H2,1-2H3. The Morgan fingerprint density at radius 2 is 1.94 bits per heavy atom. The Labute approximate surface area is 117 Å². The molecule has 2 rings (SSSR count). The minimum absolute atomic E-state index is 0.177. The maximum atomic E-state index is 6.15. The molecule has 2 N–H and O–H groups in total. The molecule has 18 heavy (non-hydrogen) atoms. The summed E-state index contributed by atoms with van der Waals surface area (Å²) in [5.41, 5.74) is 8.87. The number of thioether (sulfide) groups is 1. The lowest BCUT2D eigenvalue weighted by molar-refractivity contribution is 0.727. The average Bonchev–Trinajstić information content (AvgIpc) is 2.77. The maximum absolute atomic E-state index is 6.15. The fourth-order valence-electron chi connectivity index (χ4n) is 1.90. The van der Waals surface area contributed by atoms with E-state index >= 15 is 0 Å². The summed E-state index contributed by atoms with van der Waals surface area (Å²) >= 11 is 3.76.